The van der Waals surface area contributed by atoms with Gasteiger partial charge in [-0.2, -0.15) is 0 Å². The molecule has 4 amide bonds. The Kier molecular flexibility index (Phi) is 10.7. The van der Waals surface area contributed by atoms with Gasteiger partial charge in [0.1, 0.15) is 35.1 Å². The molecule has 4 aliphatic rings. The van der Waals surface area contributed by atoms with E-state index in [0.29, 0.717) is 36.3 Å². The fraction of sp³-hybridized carbons (Fsp3) is 0.605. The Morgan fingerprint density at radius 2 is 1.75 bits per heavy atom. The highest BCUT2D eigenvalue weighted by atomic mass is 32.2. The number of benzene rings is 1. The number of pyridine rings is 1. The van der Waals surface area contributed by atoms with Gasteiger partial charge in [0.25, 0.3) is 5.91 Å². The summed E-state index contributed by atoms with van der Waals surface area (Å²) in [6.45, 7) is 9.10. The lowest BCUT2D eigenvalue weighted by Gasteiger charge is -2.32. The van der Waals surface area contributed by atoms with Gasteiger partial charge in [-0.15, -0.1) is 0 Å². The van der Waals surface area contributed by atoms with E-state index in [9.17, 15) is 27.6 Å². The minimum absolute atomic E-state index is 0.0200. The fourth-order valence-corrected chi connectivity index (χ4v) is 8.67. The topological polar surface area (TPSA) is 182 Å². The summed E-state index contributed by atoms with van der Waals surface area (Å²) in [6, 6.07) is 5.27. The van der Waals surface area contributed by atoms with Gasteiger partial charge in [0.15, 0.2) is 0 Å². The first-order valence-electron chi connectivity index (χ1n) is 18.5. The Morgan fingerprint density at radius 1 is 1.04 bits per heavy atom. The molecule has 2 aromatic rings. The molecule has 2 aliphatic carbocycles. The predicted octanol–water partition coefficient (Wildman–Crippen LogP) is 3.98. The van der Waals surface area contributed by atoms with Crippen LogP contribution in [0.5, 0.6) is 11.6 Å². The quantitative estimate of drug-likeness (QED) is 0.350. The molecule has 2 saturated carbocycles. The molecule has 7 atom stereocenters. The zero-order chi connectivity index (χ0) is 38.3. The molecule has 0 unspecified atom stereocenters. The number of aromatic nitrogens is 1. The van der Waals surface area contributed by atoms with Crippen molar-refractivity contribution >= 4 is 44.6 Å². The number of ether oxygens (including phenoxy) is 3. The van der Waals surface area contributed by atoms with E-state index in [2.05, 4.69) is 20.3 Å². The normalized spacial score (nSPS) is 30.1. The van der Waals surface area contributed by atoms with Gasteiger partial charge in [0.2, 0.25) is 27.7 Å². The number of nitrogens with one attached hydrogen (secondary N) is 3. The molecular weight excluding hydrogens is 703 g/mol. The first-order valence-corrected chi connectivity index (χ1v) is 20.0. The third-order valence-electron chi connectivity index (χ3n) is 10.5. The SMILES string of the molecule is COc1cnc(O[C@@H]2C[C@H]3C(=O)N[C@]4(C(=O)NS(=O)(=O)C5CC5)C[C@H]4/C=C\[C@H](C)CCC[C@@H](C)[C@H](NC(=O)OC(C)(C)C)C(=O)N3C2)c2ccccc12. The third kappa shape index (κ3) is 8.55. The van der Waals surface area contributed by atoms with E-state index in [0.717, 1.165) is 18.2 Å². The van der Waals surface area contributed by atoms with Crippen molar-refractivity contribution in [1.29, 1.82) is 0 Å². The van der Waals surface area contributed by atoms with Gasteiger partial charge in [0, 0.05) is 23.1 Å². The molecule has 0 bridgehead atoms. The van der Waals surface area contributed by atoms with Crippen LogP contribution in [0.4, 0.5) is 4.79 Å². The van der Waals surface area contributed by atoms with Gasteiger partial charge in [-0.1, -0.05) is 50.6 Å². The monoisotopic (exact) mass is 753 g/mol. The first kappa shape index (κ1) is 38.3. The number of sulfonamides is 1. The van der Waals surface area contributed by atoms with Crippen molar-refractivity contribution < 1.29 is 41.8 Å². The minimum Gasteiger partial charge on any atom is -0.494 e. The summed E-state index contributed by atoms with van der Waals surface area (Å²) in [4.78, 5) is 61.9. The lowest BCUT2D eigenvalue weighted by Crippen LogP contribution is -2.59. The molecule has 0 radical (unpaired) electrons. The van der Waals surface area contributed by atoms with E-state index >= 15 is 0 Å². The molecule has 288 valence electrons. The number of methoxy groups -OCH3 is 1. The number of carbonyl (C=O) groups excluding carboxylic acids is 4. The smallest absolute Gasteiger partial charge is 0.408 e. The summed E-state index contributed by atoms with van der Waals surface area (Å²) >= 11 is 0. The van der Waals surface area contributed by atoms with Crippen LogP contribution in [0.25, 0.3) is 10.8 Å². The van der Waals surface area contributed by atoms with Gasteiger partial charge in [-0.05, 0) is 70.8 Å². The summed E-state index contributed by atoms with van der Waals surface area (Å²) in [5, 5.41) is 6.51. The second kappa shape index (κ2) is 14.8. The number of carbonyl (C=O) groups is 4. The number of hydrogen-bond acceptors (Lipinski definition) is 10. The van der Waals surface area contributed by atoms with E-state index in [1.54, 1.807) is 34.1 Å². The second-order valence-corrected chi connectivity index (χ2v) is 18.0. The van der Waals surface area contributed by atoms with Crippen LogP contribution in [0.2, 0.25) is 0 Å². The van der Waals surface area contributed by atoms with Crippen LogP contribution in [-0.4, -0.2) is 90.3 Å². The number of fused-ring (bicyclic) bond motifs is 3. The van der Waals surface area contributed by atoms with E-state index in [4.69, 9.17) is 14.2 Å². The molecule has 1 aromatic carbocycles. The Labute approximate surface area is 310 Å². The molecular formula is C38H51N5O9S. The Balaban J connectivity index is 1.35. The highest BCUT2D eigenvalue weighted by Gasteiger charge is 2.62. The first-order chi connectivity index (χ1) is 25.0. The number of nitrogens with zero attached hydrogens (tertiary/aromatic N) is 2. The standard InChI is InChI=1S/C38H51N5O9S/c1-22-10-9-11-23(2)31(40-36(47)52-37(3,4)5)34(45)43-21-25(51-33-28-13-8-7-12-27(28)30(50-6)20-39-33)18-29(43)32(44)41-38(19-24(38)15-14-22)35(46)42-53(48,49)26-16-17-26/h7-8,12-15,20,22-26,29,31H,9-11,16-19,21H2,1-6H3,(H,40,47)(H,41,44)(H,42,46)/b15-14-/t22-,23-,24-,25-,29+,31+,38-/m1/s1. The number of allylic oxidation sites excluding steroid dienone is 1. The molecule has 0 spiro atoms. The van der Waals surface area contributed by atoms with Crippen molar-refractivity contribution in [2.75, 3.05) is 13.7 Å². The van der Waals surface area contributed by atoms with Gasteiger partial charge < -0.3 is 29.7 Å². The minimum atomic E-state index is -3.90. The summed E-state index contributed by atoms with van der Waals surface area (Å²) in [5.41, 5.74) is -2.33. The van der Waals surface area contributed by atoms with Crippen molar-refractivity contribution in [3.8, 4) is 11.6 Å². The van der Waals surface area contributed by atoms with Crippen LogP contribution in [0, 0.1) is 17.8 Å². The van der Waals surface area contributed by atoms with Crippen LogP contribution in [0.15, 0.2) is 42.6 Å². The van der Waals surface area contributed by atoms with Crippen LogP contribution in [-0.2, 0) is 29.1 Å². The maximum Gasteiger partial charge on any atom is 0.408 e. The van der Waals surface area contributed by atoms with Crippen LogP contribution in [0.3, 0.4) is 0 Å². The molecule has 3 heterocycles. The highest BCUT2D eigenvalue weighted by Crippen LogP contribution is 2.46. The van der Waals surface area contributed by atoms with Gasteiger partial charge in [-0.25, -0.2) is 18.2 Å². The summed E-state index contributed by atoms with van der Waals surface area (Å²) in [6.07, 6.45) is 7.27. The maximum atomic E-state index is 14.7. The lowest BCUT2D eigenvalue weighted by molar-refractivity contribution is -0.142. The van der Waals surface area contributed by atoms with Crippen molar-refractivity contribution in [1.82, 2.24) is 25.2 Å². The molecule has 1 aromatic heterocycles. The van der Waals surface area contributed by atoms with Crippen LogP contribution in [0.1, 0.15) is 79.6 Å². The molecule has 14 nitrogen and oxygen atoms in total. The zero-order valence-electron chi connectivity index (χ0n) is 31.2. The number of alkyl carbamates (subject to hydrolysis) is 1. The molecule has 53 heavy (non-hydrogen) atoms. The summed E-state index contributed by atoms with van der Waals surface area (Å²) in [7, 11) is -2.35. The Bertz CT molecular complexity index is 1890. The van der Waals surface area contributed by atoms with Gasteiger partial charge in [-0.3, -0.25) is 19.1 Å². The Morgan fingerprint density at radius 3 is 2.43 bits per heavy atom. The van der Waals surface area contributed by atoms with E-state index in [-0.39, 0.29) is 31.2 Å². The zero-order valence-corrected chi connectivity index (χ0v) is 32.0. The van der Waals surface area contributed by atoms with Crippen molar-refractivity contribution in [2.24, 2.45) is 17.8 Å². The molecule has 3 fully saturated rings. The number of amides is 4. The Hall–Kier alpha value is -4.40. The lowest BCUT2D eigenvalue weighted by atomic mass is 9.92. The highest BCUT2D eigenvalue weighted by molar-refractivity contribution is 7.91. The van der Waals surface area contributed by atoms with Crippen LogP contribution < -0.4 is 24.8 Å². The fourth-order valence-electron chi connectivity index (χ4n) is 7.31. The van der Waals surface area contributed by atoms with Gasteiger partial charge >= 0.3 is 6.09 Å². The summed E-state index contributed by atoms with van der Waals surface area (Å²) in [5.74, 6) is -1.73. The van der Waals surface area contributed by atoms with E-state index < -0.39 is 74.3 Å². The van der Waals surface area contributed by atoms with Crippen LogP contribution >= 0.6 is 0 Å². The third-order valence-corrected chi connectivity index (χ3v) is 12.4. The predicted molar refractivity (Wildman–Crippen MR) is 196 cm³/mol. The van der Waals surface area contributed by atoms with Crippen molar-refractivity contribution in [3.63, 3.8) is 0 Å². The molecule has 3 N–H and O–H groups in total. The van der Waals surface area contributed by atoms with E-state index in [1.165, 1.54) is 4.90 Å². The molecule has 2 aliphatic heterocycles. The maximum absolute atomic E-state index is 14.7. The average Bonchev–Trinajstić information content (AvgIpc) is 4.02. The second-order valence-electron chi connectivity index (χ2n) is 16.0. The average molecular weight is 754 g/mol. The van der Waals surface area contributed by atoms with E-state index in [1.807, 2.05) is 50.3 Å². The number of rotatable bonds is 7. The summed E-state index contributed by atoms with van der Waals surface area (Å²) < 4.78 is 45.4. The van der Waals surface area contributed by atoms with Gasteiger partial charge in [0.05, 0.1) is 25.1 Å². The largest absolute Gasteiger partial charge is 0.494 e. The molecule has 15 heteroatoms. The van der Waals surface area contributed by atoms with Crippen molar-refractivity contribution in [3.05, 3.63) is 42.6 Å². The van der Waals surface area contributed by atoms with Crippen molar-refractivity contribution in [2.45, 2.75) is 114 Å². The number of hydrogen-bond donors (Lipinski definition) is 3. The molecule has 1 saturated heterocycles. The molecule has 6 rings (SSSR count).